The van der Waals surface area contributed by atoms with E-state index in [0.29, 0.717) is 34.1 Å². The number of ketones is 1. The van der Waals surface area contributed by atoms with E-state index in [-0.39, 0.29) is 42.8 Å². The van der Waals surface area contributed by atoms with Crippen LogP contribution in [0.5, 0.6) is 5.88 Å². The van der Waals surface area contributed by atoms with E-state index in [0.717, 1.165) is 12.8 Å². The summed E-state index contributed by atoms with van der Waals surface area (Å²) in [5, 5.41) is 3.19. The fraction of sp³-hybridized carbons (Fsp3) is 0.409. The number of pyridine rings is 1. The smallest absolute Gasteiger partial charge is 0.410 e. The number of aromatic nitrogens is 1. The molecule has 2 amide bonds. The Morgan fingerprint density at radius 1 is 0.949 bits per heavy atom. The minimum absolute atomic E-state index is 0.0231. The van der Waals surface area contributed by atoms with E-state index in [1.54, 1.807) is 105 Å². The highest BCUT2D eigenvalue weighted by molar-refractivity contribution is 7.89. The average Bonchev–Trinajstić information content (AvgIpc) is 4.00. The van der Waals surface area contributed by atoms with E-state index in [1.165, 1.54) is 30.7 Å². The van der Waals surface area contributed by atoms with Gasteiger partial charge in [-0.25, -0.2) is 27.4 Å². The second-order valence-electron chi connectivity index (χ2n) is 16.2. The van der Waals surface area contributed by atoms with Crippen molar-refractivity contribution in [1.29, 1.82) is 0 Å². The lowest BCUT2D eigenvalue weighted by Crippen LogP contribution is -2.47. The average molecular weight is 849 g/mol. The van der Waals surface area contributed by atoms with Crippen LogP contribution in [0.15, 0.2) is 96.0 Å². The molecule has 1 aliphatic heterocycles. The number of hydrogen-bond acceptors (Lipinski definition) is 9. The van der Waals surface area contributed by atoms with Crippen molar-refractivity contribution in [2.75, 3.05) is 33.9 Å². The molecular weight excluding hydrogens is 799 g/mol. The Hall–Kier alpha value is -5.05. The van der Waals surface area contributed by atoms with Gasteiger partial charge in [-0.2, -0.15) is 4.31 Å². The van der Waals surface area contributed by atoms with Crippen molar-refractivity contribution in [3.63, 3.8) is 0 Å². The number of hydrogen-bond donors (Lipinski definition) is 1. The van der Waals surface area contributed by atoms with E-state index < -0.39 is 62.8 Å². The van der Waals surface area contributed by atoms with Crippen LogP contribution in [0.1, 0.15) is 68.2 Å². The van der Waals surface area contributed by atoms with Crippen molar-refractivity contribution in [2.24, 2.45) is 5.41 Å². The van der Waals surface area contributed by atoms with Gasteiger partial charge < -0.3 is 24.4 Å². The largest absolute Gasteiger partial charge is 0.481 e. The Kier molecular flexibility index (Phi) is 13.3. The number of carbonyl (C=O) groups excluding carboxylic acids is 3. The topological polar surface area (TPSA) is 144 Å². The predicted molar refractivity (Wildman–Crippen MR) is 220 cm³/mol. The quantitative estimate of drug-likeness (QED) is 0.144. The Morgan fingerprint density at radius 2 is 1.64 bits per heavy atom. The van der Waals surface area contributed by atoms with Crippen molar-refractivity contribution in [2.45, 2.75) is 81.4 Å². The molecular formula is C44H50ClFN4O8S. The minimum atomic E-state index is -4.05. The lowest BCUT2D eigenvalue weighted by molar-refractivity contribution is -0.120. The standard InChI is InChI=1S/C44H50ClFN4O8S/c1-43(2,3)58-42(53)49-26-33(50(28-44(27-49)22-23-44)59(54,55)34-11-7-6-8-12-34)19-20-35-30(10-9-13-36(35)46)24-37(51)40(48-41(52)57-5)39(29-14-17-32(45)18-15-29)31-16-21-38(56-4)47-25-31/h6-18,21,25,33,39-40H,19-20,22-24,26-28H2,1-5H3,(H,48,52)/t33-,39-,40+/m0/s1. The van der Waals surface area contributed by atoms with Crippen LogP contribution in [0.25, 0.3) is 0 Å². The first-order valence-electron chi connectivity index (χ1n) is 19.5. The number of benzene rings is 3. The lowest BCUT2D eigenvalue weighted by Gasteiger charge is -2.32. The SMILES string of the molecule is COC(=O)N[C@H](C(=O)Cc1cccc(F)c1CC[C@H]1CN(C(=O)OC(C)(C)C)CC2(CC2)CN1S(=O)(=O)c1ccccc1)[C@@H](c1ccc(Cl)cc1)c1ccc(OC)nc1. The Balaban J connectivity index is 1.34. The molecule has 1 aromatic heterocycles. The van der Waals surface area contributed by atoms with E-state index in [2.05, 4.69) is 10.3 Å². The highest BCUT2D eigenvalue weighted by atomic mass is 35.5. The molecule has 0 radical (unpaired) electrons. The van der Waals surface area contributed by atoms with Crippen molar-refractivity contribution in [1.82, 2.24) is 19.5 Å². The first-order valence-corrected chi connectivity index (χ1v) is 21.3. The van der Waals surface area contributed by atoms with Crippen LogP contribution in [0.3, 0.4) is 0 Å². The molecule has 3 atom stereocenters. The molecule has 1 saturated carbocycles. The number of Topliss-reactive ketones (excluding diaryl/α,β-unsaturated/α-hetero) is 1. The molecule has 1 aliphatic carbocycles. The van der Waals surface area contributed by atoms with Crippen LogP contribution >= 0.6 is 11.6 Å². The summed E-state index contributed by atoms with van der Waals surface area (Å²) in [7, 11) is -1.38. The van der Waals surface area contributed by atoms with Crippen molar-refractivity contribution < 1.29 is 41.4 Å². The molecule has 3 aromatic carbocycles. The van der Waals surface area contributed by atoms with Gasteiger partial charge in [-0.05, 0) is 99.0 Å². The summed E-state index contributed by atoms with van der Waals surface area (Å²) in [6.07, 6.45) is 1.51. The minimum Gasteiger partial charge on any atom is -0.481 e. The zero-order chi connectivity index (χ0) is 42.5. The zero-order valence-electron chi connectivity index (χ0n) is 33.8. The molecule has 15 heteroatoms. The van der Waals surface area contributed by atoms with Gasteiger partial charge in [-0.3, -0.25) is 4.79 Å². The summed E-state index contributed by atoms with van der Waals surface area (Å²) >= 11 is 6.23. The second kappa shape index (κ2) is 18.1. The third kappa shape index (κ3) is 10.6. The van der Waals surface area contributed by atoms with Crippen LogP contribution in [0.4, 0.5) is 14.0 Å². The van der Waals surface area contributed by atoms with Gasteiger partial charge in [-0.1, -0.05) is 60.1 Å². The third-order valence-corrected chi connectivity index (χ3v) is 13.0. The van der Waals surface area contributed by atoms with Crippen molar-refractivity contribution in [3.05, 3.63) is 124 Å². The van der Waals surface area contributed by atoms with Gasteiger partial charge in [0.25, 0.3) is 0 Å². The summed E-state index contributed by atoms with van der Waals surface area (Å²) in [5.74, 6) is -1.45. The number of alkyl carbamates (subject to hydrolysis) is 1. The summed E-state index contributed by atoms with van der Waals surface area (Å²) in [5.41, 5.74) is 0.591. The Labute approximate surface area is 350 Å². The number of carbonyl (C=O) groups is 3. The number of halogens is 2. The number of rotatable bonds is 13. The van der Waals surface area contributed by atoms with Crippen LogP contribution in [-0.4, -0.2) is 92.1 Å². The Bertz CT molecular complexity index is 2230. The third-order valence-electron chi connectivity index (χ3n) is 10.8. The number of nitrogens with zero attached hydrogens (tertiary/aromatic N) is 3. The molecule has 0 unspecified atom stereocenters. The molecule has 59 heavy (non-hydrogen) atoms. The maximum Gasteiger partial charge on any atom is 0.410 e. The predicted octanol–water partition coefficient (Wildman–Crippen LogP) is 7.57. The molecule has 6 rings (SSSR count). The summed E-state index contributed by atoms with van der Waals surface area (Å²) in [6.45, 7) is 5.86. The Morgan fingerprint density at radius 3 is 2.25 bits per heavy atom. The molecule has 0 bridgehead atoms. The molecule has 1 saturated heterocycles. The van der Waals surface area contributed by atoms with Gasteiger partial charge in [-0.15, -0.1) is 0 Å². The lowest BCUT2D eigenvalue weighted by atomic mass is 9.82. The highest BCUT2D eigenvalue weighted by Crippen LogP contribution is 2.50. The number of nitrogens with one attached hydrogen (secondary N) is 1. The van der Waals surface area contributed by atoms with Crippen molar-refractivity contribution in [3.8, 4) is 5.88 Å². The van der Waals surface area contributed by atoms with Gasteiger partial charge >= 0.3 is 12.2 Å². The molecule has 1 N–H and O–H groups in total. The van der Waals surface area contributed by atoms with Gasteiger partial charge in [0, 0.05) is 60.7 Å². The molecule has 2 fully saturated rings. The normalized spacial score (nSPS) is 17.7. The first kappa shape index (κ1) is 43.5. The van der Waals surface area contributed by atoms with Crippen molar-refractivity contribution >= 4 is 39.6 Å². The number of ether oxygens (including phenoxy) is 3. The molecule has 12 nitrogen and oxygen atoms in total. The first-order chi connectivity index (χ1) is 28.0. The molecule has 2 heterocycles. The van der Waals surface area contributed by atoms with Gasteiger partial charge in [0.15, 0.2) is 5.78 Å². The number of amides is 2. The zero-order valence-corrected chi connectivity index (χ0v) is 35.4. The summed E-state index contributed by atoms with van der Waals surface area (Å²) in [6, 6.07) is 20.9. The monoisotopic (exact) mass is 848 g/mol. The fourth-order valence-corrected chi connectivity index (χ4v) is 9.57. The van der Waals surface area contributed by atoms with E-state index in [9.17, 15) is 22.8 Å². The maximum absolute atomic E-state index is 16.1. The number of methoxy groups -OCH3 is 2. The summed E-state index contributed by atoms with van der Waals surface area (Å²) in [4.78, 5) is 47.1. The molecule has 314 valence electrons. The van der Waals surface area contributed by atoms with E-state index >= 15 is 4.39 Å². The van der Waals surface area contributed by atoms with E-state index in [1.807, 2.05) is 0 Å². The molecule has 2 aliphatic rings. The van der Waals surface area contributed by atoms with Gasteiger partial charge in [0.2, 0.25) is 15.9 Å². The van der Waals surface area contributed by atoms with Gasteiger partial charge in [0.1, 0.15) is 17.5 Å². The fourth-order valence-electron chi connectivity index (χ4n) is 7.66. The maximum atomic E-state index is 16.1. The second-order valence-corrected chi connectivity index (χ2v) is 18.5. The van der Waals surface area contributed by atoms with Crippen LogP contribution in [-0.2, 0) is 37.1 Å². The molecule has 4 aromatic rings. The number of sulfonamides is 1. The highest BCUT2D eigenvalue weighted by Gasteiger charge is 2.52. The van der Waals surface area contributed by atoms with Crippen LogP contribution in [0.2, 0.25) is 5.02 Å². The van der Waals surface area contributed by atoms with Crippen LogP contribution in [0, 0.1) is 11.2 Å². The summed E-state index contributed by atoms with van der Waals surface area (Å²) < 4.78 is 62.3. The molecule has 1 spiro atoms. The van der Waals surface area contributed by atoms with Gasteiger partial charge in [0.05, 0.1) is 19.1 Å². The van der Waals surface area contributed by atoms with E-state index in [4.69, 9.17) is 25.8 Å². The van der Waals surface area contributed by atoms with Crippen LogP contribution < -0.4 is 10.1 Å².